The molecule has 5 nitrogen and oxygen atoms in total. The first-order chi connectivity index (χ1) is 14.0. The molecule has 29 heavy (non-hydrogen) atoms. The Morgan fingerprint density at radius 1 is 0.828 bits per heavy atom. The Bertz CT molecular complexity index is 1070. The van der Waals surface area contributed by atoms with E-state index in [9.17, 15) is 14.4 Å². The van der Waals surface area contributed by atoms with Gasteiger partial charge in [-0.25, -0.2) is 4.79 Å². The number of ketones is 1. The van der Waals surface area contributed by atoms with Crippen molar-refractivity contribution in [3.63, 3.8) is 0 Å². The first kappa shape index (κ1) is 20.6. The summed E-state index contributed by atoms with van der Waals surface area (Å²) in [6, 6.07) is 19.3. The molecule has 0 heterocycles. The number of para-hydroxylation sites is 1. The summed E-state index contributed by atoms with van der Waals surface area (Å²) in [5, 5.41) is 3.22. The van der Waals surface area contributed by atoms with E-state index < -0.39 is 18.5 Å². The van der Waals surface area contributed by atoms with Crippen molar-refractivity contribution in [3.05, 3.63) is 99.5 Å². The molecule has 1 N–H and O–H groups in total. The van der Waals surface area contributed by atoms with Crippen molar-refractivity contribution in [1.82, 2.24) is 0 Å². The Balaban J connectivity index is 1.72. The minimum atomic E-state index is -0.729. The van der Waals surface area contributed by atoms with Crippen molar-refractivity contribution < 1.29 is 19.1 Å². The maximum Gasteiger partial charge on any atom is 0.340 e. The number of carbonyl (C=O) groups excluding carboxylic acids is 3. The molecule has 0 fully saturated rings. The second-order valence-electron chi connectivity index (χ2n) is 5.99. The molecule has 7 heteroatoms. The number of carbonyl (C=O) groups is 3. The molecule has 0 atom stereocenters. The molecule has 0 saturated carbocycles. The van der Waals surface area contributed by atoms with Crippen LogP contribution in [0, 0.1) is 0 Å². The van der Waals surface area contributed by atoms with E-state index >= 15 is 0 Å². The van der Waals surface area contributed by atoms with Gasteiger partial charge in [-0.15, -0.1) is 0 Å². The molecule has 0 aliphatic carbocycles. The van der Waals surface area contributed by atoms with Crippen LogP contribution < -0.4 is 5.32 Å². The summed E-state index contributed by atoms with van der Waals surface area (Å²) in [6.45, 7) is -0.409. The molecule has 0 bridgehead atoms. The van der Waals surface area contributed by atoms with Gasteiger partial charge >= 0.3 is 5.97 Å². The Hall–Kier alpha value is -3.15. The standard InChI is InChI=1S/C22H15Cl2NO4/c23-15-10-11-16(18(24)12-15)21(27)25-19-9-5-4-8-17(19)22(28)29-13-20(26)14-6-2-1-3-7-14/h1-12H,13H2,(H,25,27). The lowest BCUT2D eigenvalue weighted by Gasteiger charge is -2.11. The highest BCUT2D eigenvalue weighted by molar-refractivity contribution is 6.37. The van der Waals surface area contributed by atoms with Crippen molar-refractivity contribution in [2.75, 3.05) is 11.9 Å². The SMILES string of the molecule is O=C(COC(=O)c1ccccc1NC(=O)c1ccc(Cl)cc1Cl)c1ccccc1. The average molecular weight is 428 g/mol. The van der Waals surface area contributed by atoms with Gasteiger partial charge in [-0.1, -0.05) is 65.7 Å². The van der Waals surface area contributed by atoms with Crippen LogP contribution >= 0.6 is 23.2 Å². The van der Waals surface area contributed by atoms with Gasteiger partial charge in [-0.3, -0.25) is 9.59 Å². The maximum atomic E-state index is 12.5. The predicted octanol–water partition coefficient (Wildman–Crippen LogP) is 5.29. The number of rotatable bonds is 6. The van der Waals surface area contributed by atoms with E-state index in [-0.39, 0.29) is 27.6 Å². The van der Waals surface area contributed by atoms with Crippen LogP contribution in [-0.4, -0.2) is 24.3 Å². The fraction of sp³-hybridized carbons (Fsp3) is 0.0455. The van der Waals surface area contributed by atoms with Crippen LogP contribution in [-0.2, 0) is 4.74 Å². The topological polar surface area (TPSA) is 72.5 Å². The first-order valence-corrected chi connectivity index (χ1v) is 9.32. The minimum absolute atomic E-state index is 0.117. The molecule has 3 aromatic carbocycles. The highest BCUT2D eigenvalue weighted by Gasteiger charge is 2.18. The molecule has 0 aliphatic rings. The fourth-order valence-electron chi connectivity index (χ4n) is 2.55. The summed E-state index contributed by atoms with van der Waals surface area (Å²) >= 11 is 11.9. The number of ether oxygens (including phenoxy) is 1. The van der Waals surface area contributed by atoms with Crippen molar-refractivity contribution >= 4 is 46.5 Å². The van der Waals surface area contributed by atoms with E-state index in [4.69, 9.17) is 27.9 Å². The molecule has 3 rings (SSSR count). The third-order valence-electron chi connectivity index (χ3n) is 4.00. The molecular formula is C22H15Cl2NO4. The molecule has 1 amide bonds. The minimum Gasteiger partial charge on any atom is -0.454 e. The number of benzene rings is 3. The summed E-state index contributed by atoms with van der Waals surface area (Å²) in [5.41, 5.74) is 1.00. The number of anilines is 1. The monoisotopic (exact) mass is 427 g/mol. The van der Waals surface area contributed by atoms with Crippen LogP contribution in [0.5, 0.6) is 0 Å². The van der Waals surface area contributed by atoms with Crippen molar-refractivity contribution in [2.45, 2.75) is 0 Å². The number of nitrogens with one attached hydrogen (secondary N) is 1. The van der Waals surface area contributed by atoms with Gasteiger partial charge in [-0.2, -0.15) is 0 Å². The Kier molecular flexibility index (Phi) is 6.65. The van der Waals surface area contributed by atoms with Gasteiger partial charge in [0.05, 0.1) is 21.8 Å². The zero-order valence-corrected chi connectivity index (χ0v) is 16.5. The maximum absolute atomic E-state index is 12.5. The second-order valence-corrected chi connectivity index (χ2v) is 6.83. The van der Waals surface area contributed by atoms with Crippen LogP contribution in [0.1, 0.15) is 31.1 Å². The number of Topliss-reactive ketones (excluding diaryl/α,β-unsaturated/α-hetero) is 1. The number of hydrogen-bond acceptors (Lipinski definition) is 4. The van der Waals surface area contributed by atoms with E-state index in [1.54, 1.807) is 48.5 Å². The van der Waals surface area contributed by atoms with Gasteiger partial charge < -0.3 is 10.1 Å². The second kappa shape index (κ2) is 9.37. The molecule has 146 valence electrons. The van der Waals surface area contributed by atoms with Gasteiger partial charge in [0.15, 0.2) is 12.4 Å². The number of amides is 1. The number of esters is 1. The Morgan fingerprint density at radius 2 is 1.52 bits per heavy atom. The molecule has 0 aromatic heterocycles. The quantitative estimate of drug-likeness (QED) is 0.428. The third-order valence-corrected chi connectivity index (χ3v) is 4.55. The molecule has 0 aliphatic heterocycles. The van der Waals surface area contributed by atoms with Crippen LogP contribution in [0.3, 0.4) is 0 Å². The Labute approximate surface area is 177 Å². The van der Waals surface area contributed by atoms with Gasteiger partial charge in [0.1, 0.15) is 0 Å². The van der Waals surface area contributed by atoms with Crippen LogP contribution in [0.25, 0.3) is 0 Å². The van der Waals surface area contributed by atoms with E-state index in [0.717, 1.165) is 0 Å². The van der Waals surface area contributed by atoms with Gasteiger partial charge in [0.25, 0.3) is 5.91 Å². The van der Waals surface area contributed by atoms with E-state index in [2.05, 4.69) is 5.32 Å². The molecule has 3 aromatic rings. The first-order valence-electron chi connectivity index (χ1n) is 8.56. The molecule has 0 radical (unpaired) electrons. The summed E-state index contributed by atoms with van der Waals surface area (Å²) in [6.07, 6.45) is 0. The van der Waals surface area contributed by atoms with Crippen molar-refractivity contribution in [3.8, 4) is 0 Å². The summed E-state index contributed by atoms with van der Waals surface area (Å²) in [5.74, 6) is -1.56. The lowest BCUT2D eigenvalue weighted by molar-refractivity contribution is 0.0475. The lowest BCUT2D eigenvalue weighted by Crippen LogP contribution is -2.18. The predicted molar refractivity (Wildman–Crippen MR) is 112 cm³/mol. The smallest absolute Gasteiger partial charge is 0.340 e. The molecule has 0 unspecified atom stereocenters. The van der Waals surface area contributed by atoms with Crippen molar-refractivity contribution in [2.24, 2.45) is 0 Å². The fourth-order valence-corrected chi connectivity index (χ4v) is 3.04. The van der Waals surface area contributed by atoms with Crippen LogP contribution in [0.15, 0.2) is 72.8 Å². The highest BCUT2D eigenvalue weighted by atomic mass is 35.5. The zero-order valence-electron chi connectivity index (χ0n) is 15.0. The van der Waals surface area contributed by atoms with Crippen LogP contribution in [0.2, 0.25) is 10.0 Å². The Morgan fingerprint density at radius 3 is 2.24 bits per heavy atom. The summed E-state index contributed by atoms with van der Waals surface area (Å²) in [4.78, 5) is 37.1. The highest BCUT2D eigenvalue weighted by Crippen LogP contribution is 2.23. The third kappa shape index (κ3) is 5.22. The average Bonchev–Trinajstić information content (AvgIpc) is 2.72. The van der Waals surface area contributed by atoms with Gasteiger partial charge in [-0.05, 0) is 30.3 Å². The molecule has 0 spiro atoms. The van der Waals surface area contributed by atoms with Crippen LogP contribution in [0.4, 0.5) is 5.69 Å². The largest absolute Gasteiger partial charge is 0.454 e. The van der Waals surface area contributed by atoms with E-state index in [1.165, 1.54) is 24.3 Å². The summed E-state index contributed by atoms with van der Waals surface area (Å²) in [7, 11) is 0. The van der Waals surface area contributed by atoms with E-state index in [0.29, 0.717) is 10.6 Å². The molecule has 0 saturated heterocycles. The lowest BCUT2D eigenvalue weighted by atomic mass is 10.1. The van der Waals surface area contributed by atoms with Gasteiger partial charge in [0.2, 0.25) is 0 Å². The normalized spacial score (nSPS) is 10.3. The summed E-state index contributed by atoms with van der Waals surface area (Å²) < 4.78 is 5.13. The van der Waals surface area contributed by atoms with Gasteiger partial charge in [0, 0.05) is 10.6 Å². The number of halogens is 2. The zero-order chi connectivity index (χ0) is 20.8. The number of hydrogen-bond donors (Lipinski definition) is 1. The van der Waals surface area contributed by atoms with Crippen molar-refractivity contribution in [1.29, 1.82) is 0 Å². The molecular weight excluding hydrogens is 413 g/mol. The van der Waals surface area contributed by atoms with E-state index in [1.807, 2.05) is 0 Å².